The molecule has 1 aromatic carbocycles. The number of methoxy groups -OCH3 is 1. The SMILES string of the molecule is CNCC(O)C(=O)c1ccc(OC)c(C)c1C. The maximum atomic E-state index is 12.0. The molecule has 0 spiro atoms. The summed E-state index contributed by atoms with van der Waals surface area (Å²) in [6.07, 6.45) is -1.01. The van der Waals surface area contributed by atoms with Crippen LogP contribution in [0.4, 0.5) is 0 Å². The Labute approximate surface area is 102 Å². The molecule has 1 atom stereocenters. The number of ketones is 1. The predicted molar refractivity (Wildman–Crippen MR) is 66.7 cm³/mol. The molecule has 0 aliphatic rings. The number of ether oxygens (including phenoxy) is 1. The minimum Gasteiger partial charge on any atom is -0.496 e. The Kier molecular flexibility index (Phi) is 4.66. The quantitative estimate of drug-likeness (QED) is 0.752. The number of benzene rings is 1. The van der Waals surface area contributed by atoms with Crippen molar-refractivity contribution in [1.82, 2.24) is 5.32 Å². The Balaban J connectivity index is 3.07. The van der Waals surface area contributed by atoms with Crippen LogP contribution in [0.2, 0.25) is 0 Å². The van der Waals surface area contributed by atoms with E-state index in [9.17, 15) is 9.90 Å². The summed E-state index contributed by atoms with van der Waals surface area (Å²) in [5, 5.41) is 12.4. The van der Waals surface area contributed by atoms with Gasteiger partial charge in [-0.05, 0) is 44.2 Å². The standard InChI is InChI=1S/C13H19NO3/c1-8-9(2)12(17-4)6-5-10(8)13(16)11(15)7-14-3/h5-6,11,14-15H,7H2,1-4H3. The van der Waals surface area contributed by atoms with E-state index in [1.54, 1.807) is 26.3 Å². The fourth-order valence-corrected chi connectivity index (χ4v) is 1.75. The van der Waals surface area contributed by atoms with Crippen LogP contribution in [0.15, 0.2) is 12.1 Å². The zero-order chi connectivity index (χ0) is 13.0. The van der Waals surface area contributed by atoms with Crippen LogP contribution in [-0.2, 0) is 0 Å². The molecule has 0 saturated heterocycles. The summed E-state index contributed by atoms with van der Waals surface area (Å²) in [6.45, 7) is 4.01. The zero-order valence-corrected chi connectivity index (χ0v) is 10.7. The van der Waals surface area contributed by atoms with Crippen molar-refractivity contribution in [1.29, 1.82) is 0 Å². The van der Waals surface area contributed by atoms with E-state index in [1.807, 2.05) is 13.8 Å². The lowest BCUT2D eigenvalue weighted by molar-refractivity contribution is 0.0749. The van der Waals surface area contributed by atoms with Gasteiger partial charge in [-0.2, -0.15) is 0 Å². The third-order valence-corrected chi connectivity index (χ3v) is 2.92. The molecule has 1 rings (SSSR count). The Morgan fingerprint density at radius 2 is 2.06 bits per heavy atom. The van der Waals surface area contributed by atoms with E-state index in [4.69, 9.17) is 4.74 Å². The van der Waals surface area contributed by atoms with Gasteiger partial charge in [0.25, 0.3) is 0 Å². The summed E-state index contributed by atoms with van der Waals surface area (Å²) in [5.41, 5.74) is 2.32. The molecule has 4 heteroatoms. The first kappa shape index (κ1) is 13.7. The predicted octanol–water partition coefficient (Wildman–Crippen LogP) is 1.08. The van der Waals surface area contributed by atoms with Crippen LogP contribution in [0.5, 0.6) is 5.75 Å². The summed E-state index contributed by atoms with van der Waals surface area (Å²) in [5.74, 6) is 0.491. The average Bonchev–Trinajstić information content (AvgIpc) is 2.32. The van der Waals surface area contributed by atoms with E-state index in [-0.39, 0.29) is 12.3 Å². The van der Waals surface area contributed by atoms with Gasteiger partial charge in [0, 0.05) is 12.1 Å². The Morgan fingerprint density at radius 3 is 2.59 bits per heavy atom. The van der Waals surface area contributed by atoms with E-state index in [0.717, 1.165) is 16.9 Å². The summed E-state index contributed by atoms with van der Waals surface area (Å²) >= 11 is 0. The third-order valence-electron chi connectivity index (χ3n) is 2.92. The topological polar surface area (TPSA) is 58.6 Å². The van der Waals surface area contributed by atoms with Crippen LogP contribution in [0.1, 0.15) is 21.5 Å². The van der Waals surface area contributed by atoms with E-state index < -0.39 is 6.10 Å². The zero-order valence-electron chi connectivity index (χ0n) is 10.7. The van der Waals surface area contributed by atoms with Gasteiger partial charge in [-0.3, -0.25) is 4.79 Å². The molecule has 94 valence electrons. The maximum Gasteiger partial charge on any atom is 0.192 e. The first-order chi connectivity index (χ1) is 8.02. The first-order valence-electron chi connectivity index (χ1n) is 5.54. The highest BCUT2D eigenvalue weighted by molar-refractivity contribution is 6.01. The minimum atomic E-state index is -1.01. The van der Waals surface area contributed by atoms with Gasteiger partial charge in [0.2, 0.25) is 0 Å². The molecule has 4 nitrogen and oxygen atoms in total. The summed E-state index contributed by atoms with van der Waals surface area (Å²) in [6, 6.07) is 3.45. The molecule has 1 unspecified atom stereocenters. The molecule has 0 fully saturated rings. The number of carbonyl (C=O) groups is 1. The van der Waals surface area contributed by atoms with Gasteiger partial charge in [0.1, 0.15) is 11.9 Å². The fraction of sp³-hybridized carbons (Fsp3) is 0.462. The lowest BCUT2D eigenvalue weighted by atomic mass is 9.96. The maximum absolute atomic E-state index is 12.0. The fourth-order valence-electron chi connectivity index (χ4n) is 1.75. The van der Waals surface area contributed by atoms with Crippen LogP contribution >= 0.6 is 0 Å². The lowest BCUT2D eigenvalue weighted by Crippen LogP contribution is -2.31. The number of Topliss-reactive ketones (excluding diaryl/α,β-unsaturated/α-hetero) is 1. The third kappa shape index (κ3) is 2.84. The Morgan fingerprint density at radius 1 is 1.41 bits per heavy atom. The van der Waals surface area contributed by atoms with Crippen molar-refractivity contribution in [3.63, 3.8) is 0 Å². The average molecular weight is 237 g/mol. The number of carbonyl (C=O) groups excluding carboxylic acids is 1. The number of nitrogens with one attached hydrogen (secondary N) is 1. The highest BCUT2D eigenvalue weighted by Crippen LogP contribution is 2.24. The number of rotatable bonds is 5. The van der Waals surface area contributed by atoms with Crippen molar-refractivity contribution in [2.75, 3.05) is 20.7 Å². The van der Waals surface area contributed by atoms with Gasteiger partial charge in [-0.15, -0.1) is 0 Å². The van der Waals surface area contributed by atoms with E-state index in [1.165, 1.54) is 0 Å². The van der Waals surface area contributed by atoms with E-state index in [2.05, 4.69) is 5.32 Å². The summed E-state index contributed by atoms with van der Waals surface area (Å²) < 4.78 is 5.18. The minimum absolute atomic E-state index is 0.253. The normalized spacial score (nSPS) is 12.3. The van der Waals surface area contributed by atoms with Gasteiger partial charge < -0.3 is 15.2 Å². The number of likely N-dealkylation sites (N-methyl/N-ethyl adjacent to an activating group) is 1. The first-order valence-corrected chi connectivity index (χ1v) is 5.54. The lowest BCUT2D eigenvalue weighted by Gasteiger charge is -2.14. The molecule has 0 aromatic heterocycles. The Hall–Kier alpha value is -1.39. The molecule has 0 saturated carbocycles. The molecular formula is C13H19NO3. The molecule has 0 amide bonds. The second-order valence-electron chi connectivity index (χ2n) is 4.00. The van der Waals surface area contributed by atoms with Crippen molar-refractivity contribution >= 4 is 5.78 Å². The second-order valence-corrected chi connectivity index (χ2v) is 4.00. The van der Waals surface area contributed by atoms with Crippen LogP contribution in [-0.4, -0.2) is 37.7 Å². The van der Waals surface area contributed by atoms with Crippen molar-refractivity contribution in [3.8, 4) is 5.75 Å². The van der Waals surface area contributed by atoms with Crippen LogP contribution in [0.3, 0.4) is 0 Å². The van der Waals surface area contributed by atoms with Crippen molar-refractivity contribution in [2.24, 2.45) is 0 Å². The number of aliphatic hydroxyl groups is 1. The molecule has 2 N–H and O–H groups in total. The largest absolute Gasteiger partial charge is 0.496 e. The van der Waals surface area contributed by atoms with Crippen LogP contribution in [0, 0.1) is 13.8 Å². The number of hydrogen-bond acceptors (Lipinski definition) is 4. The molecule has 1 aromatic rings. The van der Waals surface area contributed by atoms with E-state index in [0.29, 0.717) is 5.56 Å². The van der Waals surface area contributed by atoms with Crippen LogP contribution < -0.4 is 10.1 Å². The van der Waals surface area contributed by atoms with E-state index >= 15 is 0 Å². The van der Waals surface area contributed by atoms with Gasteiger partial charge in [0.05, 0.1) is 7.11 Å². The Bertz CT molecular complexity index is 415. The summed E-state index contributed by atoms with van der Waals surface area (Å²) in [7, 11) is 3.29. The molecule has 0 aliphatic carbocycles. The second kappa shape index (κ2) is 5.80. The smallest absolute Gasteiger partial charge is 0.192 e. The molecule has 0 radical (unpaired) electrons. The molecular weight excluding hydrogens is 218 g/mol. The van der Waals surface area contributed by atoms with Crippen molar-refractivity contribution < 1.29 is 14.6 Å². The van der Waals surface area contributed by atoms with Crippen molar-refractivity contribution in [2.45, 2.75) is 20.0 Å². The van der Waals surface area contributed by atoms with Gasteiger partial charge in [-0.25, -0.2) is 0 Å². The summed E-state index contributed by atoms with van der Waals surface area (Å²) in [4.78, 5) is 12.0. The van der Waals surface area contributed by atoms with Gasteiger partial charge in [-0.1, -0.05) is 0 Å². The van der Waals surface area contributed by atoms with Crippen molar-refractivity contribution in [3.05, 3.63) is 28.8 Å². The molecule has 0 aliphatic heterocycles. The van der Waals surface area contributed by atoms with Gasteiger partial charge >= 0.3 is 0 Å². The van der Waals surface area contributed by atoms with Crippen LogP contribution in [0.25, 0.3) is 0 Å². The highest BCUT2D eigenvalue weighted by atomic mass is 16.5. The number of hydrogen-bond donors (Lipinski definition) is 2. The monoisotopic (exact) mass is 237 g/mol. The van der Waals surface area contributed by atoms with Gasteiger partial charge in [0.15, 0.2) is 5.78 Å². The molecule has 17 heavy (non-hydrogen) atoms. The highest BCUT2D eigenvalue weighted by Gasteiger charge is 2.19. The molecule has 0 bridgehead atoms. The molecule has 0 heterocycles. The number of aliphatic hydroxyl groups excluding tert-OH is 1.